The molecule has 0 aromatic heterocycles. The molecular weight excluding hydrogens is 455 g/mol. The third kappa shape index (κ3) is 7.59. The van der Waals surface area contributed by atoms with E-state index in [2.05, 4.69) is 5.32 Å². The summed E-state index contributed by atoms with van der Waals surface area (Å²) in [5.41, 5.74) is 1.62. The molecule has 3 aromatic rings. The molecule has 0 saturated heterocycles. The Morgan fingerprint density at radius 3 is 2.21 bits per heavy atom. The molecule has 0 aliphatic rings. The van der Waals surface area contributed by atoms with E-state index in [0.717, 1.165) is 5.56 Å². The molecule has 0 heterocycles. The number of hydrogen-bond acceptors (Lipinski definition) is 3. The first-order valence-corrected chi connectivity index (χ1v) is 11.5. The van der Waals surface area contributed by atoms with Crippen LogP contribution in [0.2, 0.25) is 5.02 Å². The van der Waals surface area contributed by atoms with Crippen LogP contribution in [-0.4, -0.2) is 35.4 Å². The van der Waals surface area contributed by atoms with Crippen molar-refractivity contribution in [2.45, 2.75) is 38.9 Å². The topological polar surface area (TPSA) is 58.6 Å². The number of ether oxygens (including phenoxy) is 1. The van der Waals surface area contributed by atoms with E-state index in [1.165, 1.54) is 17.0 Å². The molecule has 2 amide bonds. The summed E-state index contributed by atoms with van der Waals surface area (Å²) in [5, 5.41) is 3.49. The summed E-state index contributed by atoms with van der Waals surface area (Å²) >= 11 is 5.92. The van der Waals surface area contributed by atoms with Gasteiger partial charge >= 0.3 is 0 Å². The Morgan fingerprint density at radius 2 is 1.59 bits per heavy atom. The maximum absolute atomic E-state index is 13.5. The lowest BCUT2D eigenvalue weighted by Crippen LogP contribution is -2.52. The summed E-state index contributed by atoms with van der Waals surface area (Å²) in [6, 6.07) is 21.2. The van der Waals surface area contributed by atoms with Gasteiger partial charge in [0, 0.05) is 24.0 Å². The zero-order chi connectivity index (χ0) is 24.5. The van der Waals surface area contributed by atoms with Crippen molar-refractivity contribution in [3.8, 4) is 5.75 Å². The van der Waals surface area contributed by atoms with E-state index in [0.29, 0.717) is 22.8 Å². The Hall–Kier alpha value is -3.38. The predicted molar refractivity (Wildman–Crippen MR) is 131 cm³/mol. The normalized spacial score (nSPS) is 11.7. The van der Waals surface area contributed by atoms with E-state index in [-0.39, 0.29) is 36.8 Å². The predicted octanol–water partition coefficient (Wildman–Crippen LogP) is 5.02. The minimum absolute atomic E-state index is 0.0983. The number of nitrogens with one attached hydrogen (secondary N) is 1. The van der Waals surface area contributed by atoms with Crippen molar-refractivity contribution in [2.24, 2.45) is 0 Å². The van der Waals surface area contributed by atoms with E-state index < -0.39 is 6.04 Å². The lowest BCUT2D eigenvalue weighted by atomic mass is 10.0. The van der Waals surface area contributed by atoms with E-state index >= 15 is 0 Å². The van der Waals surface area contributed by atoms with Crippen molar-refractivity contribution in [1.29, 1.82) is 0 Å². The molecule has 178 valence electrons. The lowest BCUT2D eigenvalue weighted by Gasteiger charge is -2.32. The Morgan fingerprint density at radius 1 is 0.941 bits per heavy atom. The molecule has 0 radical (unpaired) electrons. The van der Waals surface area contributed by atoms with Crippen molar-refractivity contribution in [3.05, 3.63) is 101 Å². The van der Waals surface area contributed by atoms with E-state index in [1.807, 2.05) is 44.2 Å². The molecule has 0 bridgehead atoms. The molecule has 7 heteroatoms. The second-order valence-corrected chi connectivity index (χ2v) is 8.70. The smallest absolute Gasteiger partial charge is 0.261 e. The molecule has 0 aliphatic heterocycles. The molecule has 34 heavy (non-hydrogen) atoms. The SMILES string of the molecule is CC(C)NC(=O)C(Cc1ccccc1)N(Cc1ccc(F)cc1)C(=O)COc1ccc(Cl)cc1. The Balaban J connectivity index is 1.89. The second-order valence-electron chi connectivity index (χ2n) is 8.26. The number of nitrogens with zero attached hydrogens (tertiary/aromatic N) is 1. The van der Waals surface area contributed by atoms with Crippen molar-refractivity contribution >= 4 is 23.4 Å². The molecule has 3 aromatic carbocycles. The molecule has 1 unspecified atom stereocenters. The van der Waals surface area contributed by atoms with Crippen molar-refractivity contribution < 1.29 is 18.7 Å². The average Bonchev–Trinajstić information content (AvgIpc) is 2.82. The van der Waals surface area contributed by atoms with Gasteiger partial charge in [0.25, 0.3) is 5.91 Å². The van der Waals surface area contributed by atoms with Gasteiger partial charge in [-0.05, 0) is 61.4 Å². The number of benzene rings is 3. The number of hydrogen-bond donors (Lipinski definition) is 1. The van der Waals surface area contributed by atoms with Gasteiger partial charge in [0.05, 0.1) is 0 Å². The van der Waals surface area contributed by atoms with Gasteiger partial charge in [-0.2, -0.15) is 0 Å². The maximum Gasteiger partial charge on any atom is 0.261 e. The van der Waals surface area contributed by atoms with Crippen LogP contribution in [-0.2, 0) is 22.6 Å². The van der Waals surface area contributed by atoms with Crippen molar-refractivity contribution in [2.75, 3.05) is 6.61 Å². The van der Waals surface area contributed by atoms with Gasteiger partial charge in [0.15, 0.2) is 6.61 Å². The van der Waals surface area contributed by atoms with Gasteiger partial charge < -0.3 is 15.0 Å². The first-order valence-electron chi connectivity index (χ1n) is 11.1. The third-order valence-corrected chi connectivity index (χ3v) is 5.40. The zero-order valence-electron chi connectivity index (χ0n) is 19.2. The summed E-state index contributed by atoms with van der Waals surface area (Å²) in [4.78, 5) is 28.1. The van der Waals surface area contributed by atoms with Gasteiger partial charge in [-0.25, -0.2) is 4.39 Å². The van der Waals surface area contributed by atoms with Gasteiger partial charge in [-0.1, -0.05) is 54.1 Å². The zero-order valence-corrected chi connectivity index (χ0v) is 20.0. The molecule has 0 spiro atoms. The first kappa shape index (κ1) is 25.2. The molecule has 3 rings (SSSR count). The van der Waals surface area contributed by atoms with Crippen LogP contribution in [0.15, 0.2) is 78.9 Å². The molecule has 1 atom stereocenters. The number of halogens is 2. The Labute approximate surface area is 204 Å². The standard InChI is InChI=1S/C27H28ClFN2O3/c1-19(2)30-27(33)25(16-20-6-4-3-5-7-20)31(17-21-8-12-23(29)13-9-21)26(32)18-34-24-14-10-22(28)11-15-24/h3-15,19,25H,16-18H2,1-2H3,(H,30,33). The number of carbonyl (C=O) groups excluding carboxylic acids is 2. The van der Waals surface area contributed by atoms with E-state index in [1.54, 1.807) is 36.4 Å². The molecule has 0 aliphatic carbocycles. The first-order chi connectivity index (χ1) is 16.3. The largest absolute Gasteiger partial charge is 0.484 e. The van der Waals surface area contributed by atoms with Gasteiger partial charge in [0.2, 0.25) is 5.91 Å². The van der Waals surface area contributed by atoms with Crippen LogP contribution in [0.3, 0.4) is 0 Å². The Bertz CT molecular complexity index is 1070. The Kier molecular flexibility index (Phi) is 9.05. The van der Waals surface area contributed by atoms with Crippen LogP contribution >= 0.6 is 11.6 Å². The van der Waals surface area contributed by atoms with Crippen LogP contribution in [0.5, 0.6) is 5.75 Å². The van der Waals surface area contributed by atoms with Crippen LogP contribution in [0, 0.1) is 5.82 Å². The van der Waals surface area contributed by atoms with Gasteiger partial charge in [-0.3, -0.25) is 9.59 Å². The fraction of sp³-hybridized carbons (Fsp3) is 0.259. The van der Waals surface area contributed by atoms with Crippen LogP contribution in [0.4, 0.5) is 4.39 Å². The van der Waals surface area contributed by atoms with Crippen LogP contribution in [0.1, 0.15) is 25.0 Å². The average molecular weight is 483 g/mol. The lowest BCUT2D eigenvalue weighted by molar-refractivity contribution is -0.143. The number of amides is 2. The summed E-state index contributed by atoms with van der Waals surface area (Å²) in [5.74, 6) is -0.503. The summed E-state index contributed by atoms with van der Waals surface area (Å²) < 4.78 is 19.1. The quantitative estimate of drug-likeness (QED) is 0.441. The monoisotopic (exact) mass is 482 g/mol. The fourth-order valence-electron chi connectivity index (χ4n) is 3.48. The second kappa shape index (κ2) is 12.2. The summed E-state index contributed by atoms with van der Waals surface area (Å²) in [6.45, 7) is 3.61. The molecule has 0 saturated carbocycles. The number of carbonyl (C=O) groups is 2. The molecule has 0 fully saturated rings. The fourth-order valence-corrected chi connectivity index (χ4v) is 3.61. The summed E-state index contributed by atoms with van der Waals surface area (Å²) in [6.07, 6.45) is 0.327. The molecule has 5 nitrogen and oxygen atoms in total. The summed E-state index contributed by atoms with van der Waals surface area (Å²) in [7, 11) is 0. The minimum atomic E-state index is -0.781. The molecular formula is C27H28ClFN2O3. The van der Waals surface area contributed by atoms with Gasteiger partial charge in [0.1, 0.15) is 17.6 Å². The highest BCUT2D eigenvalue weighted by Crippen LogP contribution is 2.18. The van der Waals surface area contributed by atoms with Crippen molar-refractivity contribution in [3.63, 3.8) is 0 Å². The maximum atomic E-state index is 13.5. The minimum Gasteiger partial charge on any atom is -0.484 e. The highest BCUT2D eigenvalue weighted by atomic mass is 35.5. The number of rotatable bonds is 10. The van der Waals surface area contributed by atoms with Crippen molar-refractivity contribution in [1.82, 2.24) is 10.2 Å². The van der Waals surface area contributed by atoms with Crippen LogP contribution in [0.25, 0.3) is 0 Å². The molecule has 1 N–H and O–H groups in total. The highest BCUT2D eigenvalue weighted by Gasteiger charge is 2.31. The van der Waals surface area contributed by atoms with Crippen LogP contribution < -0.4 is 10.1 Å². The highest BCUT2D eigenvalue weighted by molar-refractivity contribution is 6.30. The third-order valence-electron chi connectivity index (χ3n) is 5.14. The van der Waals surface area contributed by atoms with E-state index in [4.69, 9.17) is 16.3 Å². The van der Waals surface area contributed by atoms with E-state index in [9.17, 15) is 14.0 Å². The van der Waals surface area contributed by atoms with Gasteiger partial charge in [-0.15, -0.1) is 0 Å².